The van der Waals surface area contributed by atoms with E-state index < -0.39 is 0 Å². The molecule has 0 saturated heterocycles. The van der Waals surface area contributed by atoms with E-state index in [9.17, 15) is 0 Å². The highest BCUT2D eigenvalue weighted by atomic mass is 32.1. The monoisotopic (exact) mass is 262 g/mol. The van der Waals surface area contributed by atoms with Gasteiger partial charge >= 0.3 is 0 Å². The Labute approximate surface area is 112 Å². The second-order valence-corrected chi connectivity index (χ2v) is 5.48. The van der Waals surface area contributed by atoms with Crippen molar-refractivity contribution < 1.29 is 4.74 Å². The van der Waals surface area contributed by atoms with Crippen molar-refractivity contribution in [3.8, 4) is 5.75 Å². The third-order valence-electron chi connectivity index (χ3n) is 2.77. The van der Waals surface area contributed by atoms with E-state index in [1.807, 2.05) is 19.1 Å². The fourth-order valence-corrected chi connectivity index (χ4v) is 2.71. The Hall–Kier alpha value is -1.39. The third kappa shape index (κ3) is 3.31. The van der Waals surface area contributed by atoms with Gasteiger partial charge in [0.05, 0.1) is 17.8 Å². The number of aromatic nitrogens is 1. The number of rotatable bonds is 5. The highest BCUT2D eigenvalue weighted by molar-refractivity contribution is 7.11. The van der Waals surface area contributed by atoms with Crippen molar-refractivity contribution in [1.82, 2.24) is 10.3 Å². The molecular formula is C14H18N2OS. The normalized spacial score (nSPS) is 10.6. The molecule has 1 aromatic carbocycles. The first-order chi connectivity index (χ1) is 8.69. The van der Waals surface area contributed by atoms with Crippen LogP contribution in [0.2, 0.25) is 0 Å². The predicted octanol–water partition coefficient (Wildman–Crippen LogP) is 3.06. The number of nitrogens with zero attached hydrogens (tertiary/aromatic N) is 1. The third-order valence-corrected chi connectivity index (χ3v) is 3.85. The smallest absolute Gasteiger partial charge is 0.118 e. The zero-order valence-electron chi connectivity index (χ0n) is 11.0. The Morgan fingerprint density at radius 2 is 1.89 bits per heavy atom. The van der Waals surface area contributed by atoms with Gasteiger partial charge in [0, 0.05) is 18.0 Å². The largest absolute Gasteiger partial charge is 0.497 e. The van der Waals surface area contributed by atoms with Crippen LogP contribution in [0.5, 0.6) is 5.75 Å². The second-order valence-electron chi connectivity index (χ2n) is 4.19. The van der Waals surface area contributed by atoms with Gasteiger partial charge in [0.2, 0.25) is 0 Å². The van der Waals surface area contributed by atoms with Gasteiger partial charge in [-0.05, 0) is 31.5 Å². The fraction of sp³-hybridized carbons (Fsp3) is 0.357. The van der Waals surface area contributed by atoms with Crippen LogP contribution in [-0.4, -0.2) is 12.1 Å². The average Bonchev–Trinajstić information content (AvgIpc) is 2.69. The highest BCUT2D eigenvalue weighted by Crippen LogP contribution is 2.17. The van der Waals surface area contributed by atoms with Crippen molar-refractivity contribution >= 4 is 11.3 Å². The number of hydrogen-bond donors (Lipinski definition) is 1. The Balaban J connectivity index is 1.86. The summed E-state index contributed by atoms with van der Waals surface area (Å²) in [6.45, 7) is 5.85. The van der Waals surface area contributed by atoms with Crippen molar-refractivity contribution in [3.05, 3.63) is 45.4 Å². The van der Waals surface area contributed by atoms with Gasteiger partial charge in [-0.15, -0.1) is 11.3 Å². The lowest BCUT2D eigenvalue weighted by molar-refractivity contribution is 0.414. The molecule has 0 unspecified atom stereocenters. The molecule has 1 N–H and O–H groups in total. The Kier molecular flexibility index (Phi) is 4.33. The Morgan fingerprint density at radius 1 is 1.17 bits per heavy atom. The molecule has 0 radical (unpaired) electrons. The van der Waals surface area contributed by atoms with Gasteiger partial charge in [-0.25, -0.2) is 4.98 Å². The van der Waals surface area contributed by atoms with Crippen LogP contribution in [0.4, 0.5) is 0 Å². The van der Waals surface area contributed by atoms with Crippen LogP contribution in [0.25, 0.3) is 0 Å². The first kappa shape index (κ1) is 13.1. The lowest BCUT2D eigenvalue weighted by atomic mass is 10.2. The number of hydrogen-bond acceptors (Lipinski definition) is 4. The van der Waals surface area contributed by atoms with E-state index in [4.69, 9.17) is 4.74 Å². The van der Waals surface area contributed by atoms with Gasteiger partial charge in [0.1, 0.15) is 5.75 Å². The van der Waals surface area contributed by atoms with Crippen molar-refractivity contribution in [2.24, 2.45) is 0 Å². The summed E-state index contributed by atoms with van der Waals surface area (Å²) in [6.07, 6.45) is 0. The van der Waals surface area contributed by atoms with Crippen molar-refractivity contribution in [1.29, 1.82) is 0 Å². The molecule has 3 nitrogen and oxygen atoms in total. The molecule has 0 spiro atoms. The minimum atomic E-state index is 0.861. The van der Waals surface area contributed by atoms with Gasteiger partial charge < -0.3 is 10.1 Å². The molecule has 1 aromatic heterocycles. The molecule has 0 amide bonds. The Morgan fingerprint density at radius 3 is 2.44 bits per heavy atom. The molecular weight excluding hydrogens is 244 g/mol. The summed E-state index contributed by atoms with van der Waals surface area (Å²) in [5.41, 5.74) is 2.40. The van der Waals surface area contributed by atoms with E-state index in [1.54, 1.807) is 18.4 Å². The van der Waals surface area contributed by atoms with Crippen LogP contribution < -0.4 is 10.1 Å². The molecule has 0 saturated carbocycles. The molecule has 0 aliphatic carbocycles. The number of aryl methyl sites for hydroxylation is 2. The van der Waals surface area contributed by atoms with Crippen molar-refractivity contribution in [2.75, 3.05) is 7.11 Å². The maximum absolute atomic E-state index is 5.13. The summed E-state index contributed by atoms with van der Waals surface area (Å²) < 4.78 is 5.13. The summed E-state index contributed by atoms with van der Waals surface area (Å²) in [4.78, 5) is 5.74. The maximum atomic E-state index is 5.13. The van der Waals surface area contributed by atoms with Crippen molar-refractivity contribution in [2.45, 2.75) is 26.9 Å². The lowest BCUT2D eigenvalue weighted by Gasteiger charge is -2.05. The maximum Gasteiger partial charge on any atom is 0.118 e. The fourth-order valence-electron chi connectivity index (χ4n) is 1.80. The minimum absolute atomic E-state index is 0.861. The zero-order valence-corrected chi connectivity index (χ0v) is 11.8. The molecule has 1 heterocycles. The molecule has 2 rings (SSSR count). The van der Waals surface area contributed by atoms with Gasteiger partial charge in [0.15, 0.2) is 0 Å². The van der Waals surface area contributed by atoms with Gasteiger partial charge in [0.25, 0.3) is 0 Å². The van der Waals surface area contributed by atoms with Crippen LogP contribution >= 0.6 is 11.3 Å². The van der Waals surface area contributed by atoms with Crippen LogP contribution in [0.3, 0.4) is 0 Å². The number of thiazole rings is 1. The van der Waals surface area contributed by atoms with Crippen molar-refractivity contribution in [3.63, 3.8) is 0 Å². The average molecular weight is 262 g/mol. The molecule has 96 valence electrons. The van der Waals surface area contributed by atoms with Crippen LogP contribution in [0, 0.1) is 13.8 Å². The zero-order chi connectivity index (χ0) is 13.0. The quantitative estimate of drug-likeness (QED) is 0.899. The SMILES string of the molecule is COc1ccc(CNCc2sc(C)nc2C)cc1. The van der Waals surface area contributed by atoms with Gasteiger partial charge in [-0.2, -0.15) is 0 Å². The number of ether oxygens (including phenoxy) is 1. The molecule has 0 bridgehead atoms. The summed E-state index contributed by atoms with van der Waals surface area (Å²) in [6, 6.07) is 8.13. The van der Waals surface area contributed by atoms with E-state index in [1.165, 1.54) is 10.4 Å². The molecule has 18 heavy (non-hydrogen) atoms. The van der Waals surface area contributed by atoms with Crippen LogP contribution in [-0.2, 0) is 13.1 Å². The van der Waals surface area contributed by atoms with E-state index in [0.717, 1.165) is 29.5 Å². The van der Waals surface area contributed by atoms with Gasteiger partial charge in [-0.3, -0.25) is 0 Å². The van der Waals surface area contributed by atoms with E-state index >= 15 is 0 Å². The standard InChI is InChI=1S/C14H18N2OS/c1-10-14(18-11(2)16-10)9-15-8-12-4-6-13(17-3)7-5-12/h4-7,15H,8-9H2,1-3H3. The molecule has 0 aliphatic rings. The first-order valence-corrected chi connectivity index (χ1v) is 6.77. The van der Waals surface area contributed by atoms with Gasteiger partial charge in [-0.1, -0.05) is 12.1 Å². The summed E-state index contributed by atoms with van der Waals surface area (Å²) in [5, 5.41) is 4.57. The number of methoxy groups -OCH3 is 1. The second kappa shape index (κ2) is 5.98. The predicted molar refractivity (Wildman–Crippen MR) is 75.1 cm³/mol. The van der Waals surface area contributed by atoms with E-state index in [2.05, 4.69) is 29.4 Å². The van der Waals surface area contributed by atoms with E-state index in [-0.39, 0.29) is 0 Å². The number of benzene rings is 1. The van der Waals surface area contributed by atoms with E-state index in [0.29, 0.717) is 0 Å². The minimum Gasteiger partial charge on any atom is -0.497 e. The molecule has 4 heteroatoms. The molecule has 0 aliphatic heterocycles. The first-order valence-electron chi connectivity index (χ1n) is 5.95. The Bertz CT molecular complexity index is 505. The molecule has 0 fully saturated rings. The summed E-state index contributed by atoms with van der Waals surface area (Å²) >= 11 is 1.76. The highest BCUT2D eigenvalue weighted by Gasteiger charge is 2.03. The molecule has 0 atom stereocenters. The summed E-state index contributed by atoms with van der Waals surface area (Å²) in [7, 11) is 1.68. The van der Waals surface area contributed by atoms with Crippen LogP contribution in [0.1, 0.15) is 21.1 Å². The topological polar surface area (TPSA) is 34.1 Å². The number of nitrogens with one attached hydrogen (secondary N) is 1. The van der Waals surface area contributed by atoms with Crippen LogP contribution in [0.15, 0.2) is 24.3 Å². The summed E-state index contributed by atoms with van der Waals surface area (Å²) in [5.74, 6) is 0.896. The lowest BCUT2D eigenvalue weighted by Crippen LogP contribution is -2.12. The molecule has 2 aromatic rings.